The lowest BCUT2D eigenvalue weighted by Gasteiger charge is -2.46. The van der Waals surface area contributed by atoms with Crippen molar-refractivity contribution in [2.24, 2.45) is 0 Å². The van der Waals surface area contributed by atoms with Crippen LogP contribution in [0.15, 0.2) is 36.4 Å². The summed E-state index contributed by atoms with van der Waals surface area (Å²) in [5, 5.41) is 12.3. The number of hydrogen-bond acceptors (Lipinski definition) is 4. The lowest BCUT2D eigenvalue weighted by Crippen LogP contribution is -2.63. The zero-order valence-electron chi connectivity index (χ0n) is 15.1. The number of carbonyl (C=O) groups is 1. The van der Waals surface area contributed by atoms with E-state index in [0.717, 1.165) is 10.4 Å². The highest BCUT2D eigenvalue weighted by Gasteiger charge is 2.49. The molecule has 26 heavy (non-hydrogen) atoms. The van der Waals surface area contributed by atoms with Crippen molar-refractivity contribution in [3.05, 3.63) is 52.4 Å². The van der Waals surface area contributed by atoms with Crippen LogP contribution < -0.4 is 11.1 Å². The second kappa shape index (κ2) is 6.13. The van der Waals surface area contributed by atoms with Crippen molar-refractivity contribution in [3.8, 4) is 0 Å². The summed E-state index contributed by atoms with van der Waals surface area (Å²) in [5.41, 5.74) is 7.59. The summed E-state index contributed by atoms with van der Waals surface area (Å²) in [6.07, 6.45) is 2.52. The van der Waals surface area contributed by atoms with Gasteiger partial charge in [0.2, 0.25) is 5.91 Å². The van der Waals surface area contributed by atoms with Gasteiger partial charge in [-0.3, -0.25) is 15.1 Å². The first-order valence-electron chi connectivity index (χ1n) is 9.07. The minimum Gasteiger partial charge on any atom is -0.391 e. The Labute approximate surface area is 157 Å². The molecule has 136 valence electrons. The summed E-state index contributed by atoms with van der Waals surface area (Å²) in [6.45, 7) is 4.37. The zero-order chi connectivity index (χ0) is 18.5. The molecule has 6 heteroatoms. The Bertz CT molecular complexity index is 855. The molecule has 4 rings (SSSR count). The number of guanidine groups is 1. The number of thiophene rings is 1. The first-order valence-corrected chi connectivity index (χ1v) is 9.89. The van der Waals surface area contributed by atoms with Crippen molar-refractivity contribution in [3.63, 3.8) is 0 Å². The summed E-state index contributed by atoms with van der Waals surface area (Å²) >= 11 is 1.47. The second-order valence-corrected chi connectivity index (χ2v) is 8.45. The van der Waals surface area contributed by atoms with Crippen molar-refractivity contribution < 1.29 is 4.79 Å². The molecule has 1 saturated carbocycles. The molecule has 1 aromatic heterocycles. The van der Waals surface area contributed by atoms with Gasteiger partial charge in [0.1, 0.15) is 0 Å². The number of nitrogen functional groups attached to an aromatic ring is 1. The van der Waals surface area contributed by atoms with E-state index < -0.39 is 11.5 Å². The van der Waals surface area contributed by atoms with Crippen LogP contribution in [0.25, 0.3) is 0 Å². The summed E-state index contributed by atoms with van der Waals surface area (Å²) in [7, 11) is 0. The highest BCUT2D eigenvalue weighted by atomic mass is 32.1. The van der Waals surface area contributed by atoms with E-state index in [0.29, 0.717) is 17.5 Å². The van der Waals surface area contributed by atoms with E-state index in [4.69, 9.17) is 11.1 Å². The monoisotopic (exact) mass is 368 g/mol. The van der Waals surface area contributed by atoms with Crippen LogP contribution in [0.3, 0.4) is 0 Å². The largest absolute Gasteiger partial charge is 0.391 e. The number of nitrogens with zero attached hydrogens (tertiary/aromatic N) is 1. The second-order valence-electron chi connectivity index (χ2n) is 7.33. The van der Waals surface area contributed by atoms with Crippen molar-refractivity contribution in [1.82, 2.24) is 10.2 Å². The minimum atomic E-state index is -0.691. The van der Waals surface area contributed by atoms with Crippen molar-refractivity contribution in [2.75, 3.05) is 12.3 Å². The first kappa shape index (κ1) is 17.1. The highest BCUT2D eigenvalue weighted by molar-refractivity contribution is 7.16. The smallest absolute Gasteiger partial charge is 0.239 e. The van der Waals surface area contributed by atoms with Gasteiger partial charge in [0.05, 0.1) is 16.5 Å². The van der Waals surface area contributed by atoms with Gasteiger partial charge in [0.15, 0.2) is 5.96 Å². The summed E-state index contributed by atoms with van der Waals surface area (Å²) in [4.78, 5) is 15.8. The van der Waals surface area contributed by atoms with E-state index in [2.05, 4.69) is 29.6 Å². The van der Waals surface area contributed by atoms with Crippen LogP contribution in [-0.4, -0.2) is 23.3 Å². The summed E-state index contributed by atoms with van der Waals surface area (Å²) in [5.74, 6) is 0.401. The maximum absolute atomic E-state index is 13.3. The van der Waals surface area contributed by atoms with E-state index in [-0.39, 0.29) is 11.9 Å². The molecule has 0 radical (unpaired) electrons. The van der Waals surface area contributed by atoms with Crippen LogP contribution in [0, 0.1) is 5.41 Å². The number of rotatable bonds is 4. The molecule has 5 nitrogen and oxygen atoms in total. The zero-order valence-corrected chi connectivity index (χ0v) is 15.9. The topological polar surface area (TPSA) is 82.2 Å². The number of nitrogens with two attached hydrogens (primary N) is 1. The SMILES string of the molecule is CCN1C(=N)N[C@](C)(c2ccc(N)s2)[C@@H](c2ccc(C3CC3)cc2)C1=O. The third-order valence-corrected chi connectivity index (χ3v) is 6.66. The fourth-order valence-corrected chi connectivity index (χ4v) is 4.81. The van der Waals surface area contributed by atoms with Crippen LogP contribution in [0.5, 0.6) is 0 Å². The molecule has 2 atom stereocenters. The van der Waals surface area contributed by atoms with Crippen molar-refractivity contribution in [2.45, 2.75) is 44.1 Å². The highest BCUT2D eigenvalue weighted by Crippen LogP contribution is 2.45. The van der Waals surface area contributed by atoms with Crippen molar-refractivity contribution in [1.29, 1.82) is 5.41 Å². The number of anilines is 1. The van der Waals surface area contributed by atoms with Gasteiger partial charge in [-0.15, -0.1) is 11.3 Å². The fraction of sp³-hybridized carbons (Fsp3) is 0.400. The molecule has 1 aliphatic carbocycles. The molecule has 2 aliphatic rings. The molecule has 2 aromatic rings. The quantitative estimate of drug-likeness (QED) is 0.771. The molecule has 1 aliphatic heterocycles. The third kappa shape index (κ3) is 2.69. The Morgan fingerprint density at radius 1 is 1.23 bits per heavy atom. The molecule has 0 spiro atoms. The fourth-order valence-electron chi connectivity index (χ4n) is 3.90. The number of nitrogens with one attached hydrogen (secondary N) is 2. The molecule has 2 fully saturated rings. The number of benzene rings is 1. The van der Waals surface area contributed by atoms with E-state index in [1.165, 1.54) is 34.6 Å². The van der Waals surface area contributed by atoms with Gasteiger partial charge < -0.3 is 11.1 Å². The molecule has 1 aromatic carbocycles. The van der Waals surface area contributed by atoms with Crippen LogP contribution in [-0.2, 0) is 10.3 Å². The Hall–Kier alpha value is -2.34. The number of amides is 1. The van der Waals surface area contributed by atoms with Crippen LogP contribution in [0.1, 0.15) is 54.5 Å². The normalized spacial score (nSPS) is 26.1. The average molecular weight is 369 g/mol. The summed E-state index contributed by atoms with van der Waals surface area (Å²) in [6, 6.07) is 12.3. The van der Waals surface area contributed by atoms with Gasteiger partial charge in [-0.25, -0.2) is 0 Å². The molecule has 0 unspecified atom stereocenters. The van der Waals surface area contributed by atoms with Gasteiger partial charge in [-0.05, 0) is 55.9 Å². The number of hydrogen-bond donors (Lipinski definition) is 3. The Kier molecular flexibility index (Phi) is 4.03. The molecule has 1 saturated heterocycles. The third-order valence-electron chi connectivity index (χ3n) is 5.51. The molecule has 0 bridgehead atoms. The predicted octanol–water partition coefficient (Wildman–Crippen LogP) is 3.59. The average Bonchev–Trinajstić information content (AvgIpc) is 3.36. The van der Waals surface area contributed by atoms with E-state index in [1.54, 1.807) is 0 Å². The Balaban J connectivity index is 1.79. The van der Waals surface area contributed by atoms with E-state index in [9.17, 15) is 4.79 Å². The molecule has 4 N–H and O–H groups in total. The maximum atomic E-state index is 13.3. The van der Waals surface area contributed by atoms with Crippen molar-refractivity contribution >= 4 is 28.2 Å². The molecule has 1 amide bonds. The maximum Gasteiger partial charge on any atom is 0.239 e. The minimum absolute atomic E-state index is 0.0371. The standard InChI is InChI=1S/C20H24N4OS/c1-3-24-18(25)17(14-8-6-13(7-9-14)12-4-5-12)20(2,23-19(24)22)15-10-11-16(21)26-15/h6-12,17H,3-5,21H2,1-2H3,(H2,22,23)/t17-,20+/m0/s1. The molecule has 2 heterocycles. The Morgan fingerprint density at radius 3 is 2.42 bits per heavy atom. The lowest BCUT2D eigenvalue weighted by atomic mass is 9.76. The predicted molar refractivity (Wildman–Crippen MR) is 105 cm³/mol. The van der Waals surface area contributed by atoms with Gasteiger partial charge in [0, 0.05) is 11.4 Å². The number of likely N-dealkylation sites (N-methyl/N-ethyl adjacent to an activating group) is 1. The van der Waals surface area contributed by atoms with Gasteiger partial charge >= 0.3 is 0 Å². The molecular formula is C20H24N4OS. The lowest BCUT2D eigenvalue weighted by molar-refractivity contribution is -0.132. The summed E-state index contributed by atoms with van der Waals surface area (Å²) < 4.78 is 0. The Morgan fingerprint density at radius 2 is 1.88 bits per heavy atom. The first-order chi connectivity index (χ1) is 12.4. The van der Waals surface area contributed by atoms with Crippen LogP contribution >= 0.6 is 11.3 Å². The van der Waals surface area contributed by atoms with Crippen LogP contribution in [0.4, 0.5) is 5.00 Å². The number of carbonyl (C=O) groups excluding carboxylic acids is 1. The van der Waals surface area contributed by atoms with Crippen LogP contribution in [0.2, 0.25) is 0 Å². The van der Waals surface area contributed by atoms with Gasteiger partial charge in [-0.2, -0.15) is 0 Å². The molecular weight excluding hydrogens is 344 g/mol. The van der Waals surface area contributed by atoms with Gasteiger partial charge in [0.25, 0.3) is 0 Å². The van der Waals surface area contributed by atoms with E-state index >= 15 is 0 Å². The van der Waals surface area contributed by atoms with E-state index in [1.807, 2.05) is 26.0 Å². The van der Waals surface area contributed by atoms with Gasteiger partial charge in [-0.1, -0.05) is 24.3 Å².